The van der Waals surface area contributed by atoms with Gasteiger partial charge in [-0.2, -0.15) is 0 Å². The van der Waals surface area contributed by atoms with E-state index in [-0.39, 0.29) is 17.5 Å². The van der Waals surface area contributed by atoms with Crippen LogP contribution in [0.25, 0.3) is 0 Å². The van der Waals surface area contributed by atoms with E-state index in [2.05, 4.69) is 13.8 Å². The van der Waals surface area contributed by atoms with Crippen LogP contribution in [0.5, 0.6) is 0 Å². The quantitative estimate of drug-likeness (QED) is 0.590. The maximum Gasteiger partial charge on any atom is 0.345 e. The van der Waals surface area contributed by atoms with Crippen molar-refractivity contribution < 1.29 is 24.0 Å². The first-order valence-corrected chi connectivity index (χ1v) is 9.49. The van der Waals surface area contributed by atoms with Crippen molar-refractivity contribution in [3.05, 3.63) is 65.2 Å². The largest absolute Gasteiger partial charge is 0.345 e. The van der Waals surface area contributed by atoms with Gasteiger partial charge in [-0.25, -0.2) is 4.79 Å². The predicted molar refractivity (Wildman–Crippen MR) is 104 cm³/mol. The number of hydrogen-bond donors (Lipinski definition) is 0. The Morgan fingerprint density at radius 2 is 1.55 bits per heavy atom. The molecule has 1 unspecified atom stereocenters. The average molecular weight is 392 g/mol. The third kappa shape index (κ3) is 3.18. The minimum absolute atomic E-state index is 0.176. The number of hydrogen-bond acceptors (Lipinski definition) is 5. The standard InChI is InChI=1S/C22H20N2O5/c1-13(2)14-7-9-15(10-8-14)23-12-11-18(19(23)25)22(28)29-24-20(26)16-5-3-4-6-17(16)21(24)27/h3-10,13,18H,11-12H2,1-2H3. The van der Waals surface area contributed by atoms with E-state index >= 15 is 0 Å². The predicted octanol–water partition coefficient (Wildman–Crippen LogP) is 2.92. The Labute approximate surface area is 167 Å². The lowest BCUT2D eigenvalue weighted by atomic mass is 10.0. The fourth-order valence-electron chi connectivity index (χ4n) is 3.60. The summed E-state index contributed by atoms with van der Waals surface area (Å²) in [5, 5.41) is 0.445. The molecule has 0 aliphatic carbocycles. The highest BCUT2D eigenvalue weighted by molar-refractivity contribution is 6.21. The van der Waals surface area contributed by atoms with E-state index in [9.17, 15) is 19.2 Å². The van der Waals surface area contributed by atoms with Crippen LogP contribution in [0, 0.1) is 5.92 Å². The number of nitrogens with zero attached hydrogens (tertiary/aromatic N) is 2. The van der Waals surface area contributed by atoms with Crippen LogP contribution in [-0.2, 0) is 14.4 Å². The van der Waals surface area contributed by atoms with Gasteiger partial charge in [-0.15, -0.1) is 0 Å². The molecular formula is C22H20N2O5. The van der Waals surface area contributed by atoms with Crippen LogP contribution >= 0.6 is 0 Å². The Bertz CT molecular complexity index is 977. The van der Waals surface area contributed by atoms with Crippen LogP contribution in [0.15, 0.2) is 48.5 Å². The Hall–Kier alpha value is -3.48. The molecule has 0 radical (unpaired) electrons. The van der Waals surface area contributed by atoms with E-state index in [0.717, 1.165) is 5.56 Å². The third-order valence-electron chi connectivity index (χ3n) is 5.30. The number of amides is 3. The van der Waals surface area contributed by atoms with Crippen molar-refractivity contribution in [2.45, 2.75) is 26.2 Å². The summed E-state index contributed by atoms with van der Waals surface area (Å²) in [6.45, 7) is 4.53. The maximum atomic E-state index is 12.8. The van der Waals surface area contributed by atoms with Gasteiger partial charge in [-0.05, 0) is 42.2 Å². The van der Waals surface area contributed by atoms with Gasteiger partial charge < -0.3 is 9.74 Å². The van der Waals surface area contributed by atoms with Gasteiger partial charge >= 0.3 is 5.97 Å². The van der Waals surface area contributed by atoms with Crippen molar-refractivity contribution in [3.8, 4) is 0 Å². The minimum Gasteiger partial charge on any atom is -0.329 e. The molecule has 1 saturated heterocycles. The number of anilines is 1. The molecule has 1 fully saturated rings. The highest BCUT2D eigenvalue weighted by atomic mass is 16.7. The van der Waals surface area contributed by atoms with Crippen LogP contribution in [0.3, 0.4) is 0 Å². The Kier molecular flexibility index (Phi) is 4.66. The van der Waals surface area contributed by atoms with Crippen LogP contribution in [-0.4, -0.2) is 35.3 Å². The van der Waals surface area contributed by atoms with E-state index in [4.69, 9.17) is 4.84 Å². The average Bonchev–Trinajstić information content (AvgIpc) is 3.22. The van der Waals surface area contributed by atoms with Crippen molar-refractivity contribution in [3.63, 3.8) is 0 Å². The van der Waals surface area contributed by atoms with Crippen molar-refractivity contribution >= 4 is 29.4 Å². The molecule has 29 heavy (non-hydrogen) atoms. The van der Waals surface area contributed by atoms with Gasteiger partial charge in [0, 0.05) is 12.2 Å². The molecule has 0 N–H and O–H groups in total. The third-order valence-corrected chi connectivity index (χ3v) is 5.30. The van der Waals surface area contributed by atoms with Crippen LogP contribution in [0.4, 0.5) is 5.69 Å². The van der Waals surface area contributed by atoms with Gasteiger partial charge in [0.1, 0.15) is 5.92 Å². The highest BCUT2D eigenvalue weighted by Gasteiger charge is 2.44. The molecule has 3 amide bonds. The van der Waals surface area contributed by atoms with Gasteiger partial charge in [0.15, 0.2) is 0 Å². The highest BCUT2D eigenvalue weighted by Crippen LogP contribution is 2.29. The van der Waals surface area contributed by atoms with E-state index in [0.29, 0.717) is 23.2 Å². The lowest BCUT2D eigenvalue weighted by Crippen LogP contribution is -2.38. The first-order valence-electron chi connectivity index (χ1n) is 9.49. The lowest BCUT2D eigenvalue weighted by Gasteiger charge is -2.18. The number of hydroxylamine groups is 2. The molecular weight excluding hydrogens is 372 g/mol. The molecule has 0 saturated carbocycles. The van der Waals surface area contributed by atoms with Crippen molar-refractivity contribution in [2.24, 2.45) is 5.92 Å². The van der Waals surface area contributed by atoms with Crippen LogP contribution in [0.1, 0.15) is 52.5 Å². The van der Waals surface area contributed by atoms with Crippen molar-refractivity contribution in [1.82, 2.24) is 5.06 Å². The van der Waals surface area contributed by atoms with Gasteiger partial charge in [0.05, 0.1) is 11.1 Å². The molecule has 2 aliphatic heterocycles. The first-order chi connectivity index (χ1) is 13.9. The fourth-order valence-corrected chi connectivity index (χ4v) is 3.60. The second-order valence-corrected chi connectivity index (χ2v) is 7.44. The maximum absolute atomic E-state index is 12.8. The Balaban J connectivity index is 1.46. The molecule has 148 valence electrons. The van der Waals surface area contributed by atoms with Gasteiger partial charge in [-0.1, -0.05) is 43.2 Å². The zero-order valence-corrected chi connectivity index (χ0v) is 16.1. The minimum atomic E-state index is -1.05. The normalized spacial score (nSPS) is 18.6. The topological polar surface area (TPSA) is 84.0 Å². The van der Waals surface area contributed by atoms with E-state index in [1.807, 2.05) is 24.3 Å². The monoisotopic (exact) mass is 392 g/mol. The molecule has 2 aliphatic rings. The molecule has 0 aromatic heterocycles. The first kappa shape index (κ1) is 18.9. The van der Waals surface area contributed by atoms with E-state index in [1.54, 1.807) is 12.1 Å². The number of carbonyl (C=O) groups is 4. The smallest absolute Gasteiger partial charge is 0.329 e. The summed E-state index contributed by atoms with van der Waals surface area (Å²) in [6.07, 6.45) is 0.257. The fraction of sp³-hybridized carbons (Fsp3) is 0.273. The molecule has 0 bridgehead atoms. The molecule has 7 nitrogen and oxygen atoms in total. The van der Waals surface area contributed by atoms with Crippen molar-refractivity contribution in [2.75, 3.05) is 11.4 Å². The van der Waals surface area contributed by atoms with Crippen LogP contribution < -0.4 is 4.90 Å². The molecule has 1 atom stereocenters. The molecule has 7 heteroatoms. The number of carbonyl (C=O) groups excluding carboxylic acids is 4. The number of rotatable bonds is 4. The number of fused-ring (bicyclic) bond motifs is 1. The lowest BCUT2D eigenvalue weighted by molar-refractivity contribution is -0.174. The summed E-state index contributed by atoms with van der Waals surface area (Å²) in [7, 11) is 0. The van der Waals surface area contributed by atoms with Gasteiger partial charge in [0.25, 0.3) is 11.8 Å². The molecule has 2 heterocycles. The Morgan fingerprint density at radius 3 is 2.10 bits per heavy atom. The summed E-state index contributed by atoms with van der Waals surface area (Å²) in [4.78, 5) is 56.6. The molecule has 2 aromatic carbocycles. The second kappa shape index (κ2) is 7.16. The second-order valence-electron chi connectivity index (χ2n) is 7.44. The van der Waals surface area contributed by atoms with Gasteiger partial charge in [-0.3, -0.25) is 14.4 Å². The zero-order valence-electron chi connectivity index (χ0n) is 16.1. The number of imide groups is 1. The van der Waals surface area contributed by atoms with Crippen molar-refractivity contribution in [1.29, 1.82) is 0 Å². The summed E-state index contributed by atoms with van der Waals surface area (Å²) in [5.74, 6) is -3.38. The van der Waals surface area contributed by atoms with Gasteiger partial charge in [0.2, 0.25) is 5.91 Å². The summed E-state index contributed by atoms with van der Waals surface area (Å²) >= 11 is 0. The van der Waals surface area contributed by atoms with Crippen LogP contribution in [0.2, 0.25) is 0 Å². The summed E-state index contributed by atoms with van der Waals surface area (Å²) in [5.41, 5.74) is 2.21. The molecule has 2 aromatic rings. The number of benzene rings is 2. The van der Waals surface area contributed by atoms with E-state index in [1.165, 1.54) is 17.0 Å². The molecule has 4 rings (SSSR count). The Morgan fingerprint density at radius 1 is 0.966 bits per heavy atom. The molecule has 0 spiro atoms. The summed E-state index contributed by atoms with van der Waals surface area (Å²) < 4.78 is 0. The SMILES string of the molecule is CC(C)c1ccc(N2CCC(C(=O)ON3C(=O)c4ccccc4C3=O)C2=O)cc1. The summed E-state index contributed by atoms with van der Waals surface area (Å²) in [6, 6.07) is 13.8. The van der Waals surface area contributed by atoms with E-state index < -0.39 is 29.6 Å². The zero-order chi connectivity index (χ0) is 20.7.